The van der Waals surface area contributed by atoms with Crippen molar-refractivity contribution in [1.82, 2.24) is 15.1 Å². The van der Waals surface area contributed by atoms with Crippen LogP contribution < -0.4 is 0 Å². The van der Waals surface area contributed by atoms with Gasteiger partial charge in [-0.1, -0.05) is 16.9 Å². The molecule has 6 nitrogen and oxygen atoms in total. The monoisotopic (exact) mass is 251 g/mol. The summed E-state index contributed by atoms with van der Waals surface area (Å²) in [6.07, 6.45) is 1.46. The molecule has 2 aromatic heterocycles. The fraction of sp³-hybridized carbons (Fsp3) is 0.200. The molecule has 0 unspecified atom stereocenters. The maximum Gasteiger partial charge on any atom is 0.335 e. The molecule has 17 heavy (non-hydrogen) atoms. The molecule has 0 atom stereocenters. The van der Waals surface area contributed by atoms with Gasteiger partial charge in [-0.3, -0.25) is 0 Å². The van der Waals surface area contributed by atoms with Crippen LogP contribution in [0.25, 0.3) is 0 Å². The molecule has 0 fully saturated rings. The molecular weight excluding hydrogens is 242 g/mol. The minimum Gasteiger partial charge on any atom is -0.478 e. The van der Waals surface area contributed by atoms with Crippen LogP contribution in [0, 0.1) is 6.92 Å². The van der Waals surface area contributed by atoms with E-state index in [0.29, 0.717) is 22.5 Å². The summed E-state index contributed by atoms with van der Waals surface area (Å²) in [7, 11) is 0. The Labute approximate surface area is 101 Å². The van der Waals surface area contributed by atoms with Crippen molar-refractivity contribution in [3.8, 4) is 0 Å². The molecule has 0 saturated carbocycles. The molecule has 0 saturated heterocycles. The molecule has 0 spiro atoms. The minimum absolute atomic E-state index is 0.212. The first-order valence-electron chi connectivity index (χ1n) is 4.76. The number of aromatic carboxylic acids is 1. The largest absolute Gasteiger partial charge is 0.478 e. The summed E-state index contributed by atoms with van der Waals surface area (Å²) in [5.41, 5.74) is 0.212. The van der Waals surface area contributed by atoms with Crippen LogP contribution in [0.4, 0.5) is 0 Å². The lowest BCUT2D eigenvalue weighted by Crippen LogP contribution is -1.96. The highest BCUT2D eigenvalue weighted by molar-refractivity contribution is 7.98. The van der Waals surface area contributed by atoms with Gasteiger partial charge in [-0.25, -0.2) is 9.78 Å². The van der Waals surface area contributed by atoms with Gasteiger partial charge in [-0.2, -0.15) is 4.98 Å². The van der Waals surface area contributed by atoms with Crippen LogP contribution >= 0.6 is 11.8 Å². The summed E-state index contributed by atoms with van der Waals surface area (Å²) in [5, 5.41) is 13.1. The van der Waals surface area contributed by atoms with Crippen molar-refractivity contribution < 1.29 is 14.4 Å². The fourth-order valence-corrected chi connectivity index (χ4v) is 1.89. The van der Waals surface area contributed by atoms with Gasteiger partial charge >= 0.3 is 5.97 Å². The molecule has 0 aliphatic carbocycles. The lowest BCUT2D eigenvalue weighted by atomic mass is 10.3. The number of thioether (sulfide) groups is 1. The summed E-state index contributed by atoms with van der Waals surface area (Å²) in [6.45, 7) is 1.74. The highest BCUT2D eigenvalue weighted by atomic mass is 32.2. The normalized spacial score (nSPS) is 10.4. The van der Waals surface area contributed by atoms with Gasteiger partial charge in [0.25, 0.3) is 0 Å². The van der Waals surface area contributed by atoms with Crippen LogP contribution in [-0.4, -0.2) is 26.2 Å². The number of carboxylic acids is 1. The van der Waals surface area contributed by atoms with E-state index in [2.05, 4.69) is 15.1 Å². The second-order valence-electron chi connectivity index (χ2n) is 3.21. The number of pyridine rings is 1. The molecule has 0 amide bonds. The number of hydrogen-bond acceptors (Lipinski definition) is 6. The van der Waals surface area contributed by atoms with E-state index < -0.39 is 5.97 Å². The maximum absolute atomic E-state index is 10.8. The standard InChI is InChI=1S/C10H9N3O3S/c1-6-12-8(16-13-6)5-17-9-4-7(10(14)15)2-3-11-9/h2-4H,5H2,1H3,(H,14,15). The predicted molar refractivity (Wildman–Crippen MR) is 59.8 cm³/mol. The Hall–Kier alpha value is -1.89. The minimum atomic E-state index is -0.970. The summed E-state index contributed by atoms with van der Waals surface area (Å²) < 4.78 is 4.94. The Kier molecular flexibility index (Phi) is 3.38. The topological polar surface area (TPSA) is 89.1 Å². The Balaban J connectivity index is 2.04. The Morgan fingerprint density at radius 1 is 1.59 bits per heavy atom. The highest BCUT2D eigenvalue weighted by Crippen LogP contribution is 2.20. The molecule has 2 aromatic rings. The Bertz CT molecular complexity index is 541. The van der Waals surface area contributed by atoms with Crippen LogP contribution in [0.15, 0.2) is 27.9 Å². The van der Waals surface area contributed by atoms with Crippen molar-refractivity contribution in [1.29, 1.82) is 0 Å². The molecule has 0 aliphatic heterocycles. The van der Waals surface area contributed by atoms with Gasteiger partial charge in [-0.15, -0.1) is 0 Å². The van der Waals surface area contributed by atoms with Gasteiger partial charge < -0.3 is 9.63 Å². The summed E-state index contributed by atoms with van der Waals surface area (Å²) in [4.78, 5) is 18.8. The third-order valence-electron chi connectivity index (χ3n) is 1.89. The molecule has 0 aliphatic rings. The quantitative estimate of drug-likeness (QED) is 0.828. The molecule has 0 aromatic carbocycles. The SMILES string of the molecule is Cc1noc(CSc2cc(C(=O)O)ccn2)n1. The molecule has 0 bridgehead atoms. The second-order valence-corrected chi connectivity index (χ2v) is 4.21. The van der Waals surface area contributed by atoms with Crippen molar-refractivity contribution in [3.63, 3.8) is 0 Å². The number of carboxylic acid groups (broad SMARTS) is 1. The van der Waals surface area contributed by atoms with Crippen LogP contribution in [0.3, 0.4) is 0 Å². The first-order valence-corrected chi connectivity index (χ1v) is 5.75. The van der Waals surface area contributed by atoms with Gasteiger partial charge in [-0.05, 0) is 19.1 Å². The van der Waals surface area contributed by atoms with Crippen molar-refractivity contribution in [2.75, 3.05) is 0 Å². The summed E-state index contributed by atoms with van der Waals surface area (Å²) in [5.74, 6) is 0.572. The Morgan fingerprint density at radius 3 is 3.06 bits per heavy atom. The number of nitrogens with zero attached hydrogens (tertiary/aromatic N) is 3. The fourth-order valence-electron chi connectivity index (χ4n) is 1.16. The van der Waals surface area contributed by atoms with E-state index in [0.717, 1.165) is 0 Å². The molecule has 0 radical (unpaired) electrons. The first-order chi connectivity index (χ1) is 8.15. The Morgan fingerprint density at radius 2 is 2.41 bits per heavy atom. The van der Waals surface area contributed by atoms with Crippen molar-refractivity contribution in [3.05, 3.63) is 35.6 Å². The zero-order chi connectivity index (χ0) is 12.3. The van der Waals surface area contributed by atoms with Crippen LogP contribution in [0.2, 0.25) is 0 Å². The third-order valence-corrected chi connectivity index (χ3v) is 2.81. The van der Waals surface area contributed by atoms with Crippen LogP contribution in [-0.2, 0) is 5.75 Å². The average Bonchev–Trinajstić information content (AvgIpc) is 2.73. The molecule has 7 heteroatoms. The summed E-state index contributed by atoms with van der Waals surface area (Å²) >= 11 is 1.35. The van der Waals surface area contributed by atoms with Crippen molar-refractivity contribution >= 4 is 17.7 Å². The van der Waals surface area contributed by atoms with E-state index in [-0.39, 0.29) is 5.56 Å². The third kappa shape index (κ3) is 3.04. The van der Waals surface area contributed by atoms with Gasteiger partial charge in [0.05, 0.1) is 16.3 Å². The van der Waals surface area contributed by atoms with Gasteiger partial charge in [0.15, 0.2) is 5.82 Å². The zero-order valence-corrected chi connectivity index (χ0v) is 9.77. The van der Waals surface area contributed by atoms with Gasteiger partial charge in [0.2, 0.25) is 5.89 Å². The van der Waals surface area contributed by atoms with E-state index in [9.17, 15) is 4.79 Å². The lowest BCUT2D eigenvalue weighted by Gasteiger charge is -1.98. The van der Waals surface area contributed by atoms with E-state index in [1.807, 2.05) is 0 Å². The number of carbonyl (C=O) groups is 1. The van der Waals surface area contributed by atoms with Gasteiger partial charge in [0.1, 0.15) is 0 Å². The highest BCUT2D eigenvalue weighted by Gasteiger charge is 2.07. The first kappa shape index (κ1) is 11.6. The summed E-state index contributed by atoms with van der Waals surface area (Å²) in [6, 6.07) is 2.96. The van der Waals surface area contributed by atoms with E-state index >= 15 is 0 Å². The number of aryl methyl sites for hydroxylation is 1. The van der Waals surface area contributed by atoms with Crippen molar-refractivity contribution in [2.24, 2.45) is 0 Å². The maximum atomic E-state index is 10.8. The molecule has 2 rings (SSSR count). The second kappa shape index (κ2) is 4.96. The number of hydrogen-bond donors (Lipinski definition) is 1. The van der Waals surface area contributed by atoms with E-state index in [1.165, 1.54) is 30.1 Å². The predicted octanol–water partition coefficient (Wildman–Crippen LogP) is 1.76. The lowest BCUT2D eigenvalue weighted by molar-refractivity contribution is 0.0696. The van der Waals surface area contributed by atoms with Crippen LogP contribution in [0.1, 0.15) is 22.1 Å². The number of rotatable bonds is 4. The average molecular weight is 251 g/mol. The van der Waals surface area contributed by atoms with Crippen molar-refractivity contribution in [2.45, 2.75) is 17.7 Å². The molecule has 88 valence electrons. The number of aromatic nitrogens is 3. The zero-order valence-electron chi connectivity index (χ0n) is 8.95. The molecule has 2 heterocycles. The van der Waals surface area contributed by atoms with E-state index in [1.54, 1.807) is 6.92 Å². The van der Waals surface area contributed by atoms with E-state index in [4.69, 9.17) is 9.63 Å². The van der Waals surface area contributed by atoms with Crippen LogP contribution in [0.5, 0.6) is 0 Å². The molecular formula is C10H9N3O3S. The van der Waals surface area contributed by atoms with Gasteiger partial charge in [0, 0.05) is 6.20 Å². The smallest absolute Gasteiger partial charge is 0.335 e. The molecule has 1 N–H and O–H groups in total.